The number of aryl methyl sites for hydroxylation is 1. The number of hydrogen-bond acceptors (Lipinski definition) is 7. The second-order valence-electron chi connectivity index (χ2n) is 5.19. The number of anilines is 1. The van der Waals surface area contributed by atoms with Crippen LogP contribution < -0.4 is 5.32 Å². The van der Waals surface area contributed by atoms with Gasteiger partial charge in [-0.05, 0) is 30.0 Å². The van der Waals surface area contributed by atoms with E-state index < -0.39 is 0 Å². The van der Waals surface area contributed by atoms with Gasteiger partial charge in [-0.2, -0.15) is 0 Å². The van der Waals surface area contributed by atoms with Gasteiger partial charge in [-0.3, -0.25) is 9.78 Å². The molecular formula is C17H13N5O2S. The Morgan fingerprint density at radius 1 is 1.24 bits per heavy atom. The van der Waals surface area contributed by atoms with E-state index in [0.29, 0.717) is 29.5 Å². The third kappa shape index (κ3) is 2.87. The molecule has 0 saturated heterocycles. The molecule has 0 aliphatic carbocycles. The molecule has 7 nitrogen and oxygen atoms in total. The van der Waals surface area contributed by atoms with Gasteiger partial charge in [0.1, 0.15) is 16.3 Å². The fraction of sp³-hybridized carbons (Fsp3) is 0.118. The molecule has 0 unspecified atom stereocenters. The Bertz CT molecular complexity index is 1040. The predicted molar refractivity (Wildman–Crippen MR) is 94.5 cm³/mol. The molecule has 0 aliphatic rings. The van der Waals surface area contributed by atoms with Crippen molar-refractivity contribution in [1.82, 2.24) is 19.9 Å². The molecular weight excluding hydrogens is 338 g/mol. The Hall–Kier alpha value is -3.13. The van der Waals surface area contributed by atoms with Crippen LogP contribution in [-0.4, -0.2) is 25.8 Å². The second kappa shape index (κ2) is 6.40. The average molecular weight is 351 g/mol. The molecule has 124 valence electrons. The number of thiophene rings is 1. The minimum absolute atomic E-state index is 0.198. The molecule has 0 spiro atoms. The van der Waals surface area contributed by atoms with Crippen molar-refractivity contribution < 1.29 is 9.21 Å². The van der Waals surface area contributed by atoms with E-state index in [1.165, 1.54) is 17.7 Å². The highest BCUT2D eigenvalue weighted by Gasteiger charge is 2.19. The van der Waals surface area contributed by atoms with Crippen LogP contribution in [0, 0.1) is 0 Å². The number of rotatable bonds is 4. The van der Waals surface area contributed by atoms with Crippen LogP contribution in [0.2, 0.25) is 0 Å². The zero-order valence-electron chi connectivity index (χ0n) is 13.3. The molecule has 0 atom stereocenters. The van der Waals surface area contributed by atoms with E-state index in [4.69, 9.17) is 4.42 Å². The third-order valence-electron chi connectivity index (χ3n) is 3.63. The van der Waals surface area contributed by atoms with Gasteiger partial charge in [0.2, 0.25) is 5.76 Å². The maximum absolute atomic E-state index is 12.6. The number of nitrogens with one attached hydrogen (secondary N) is 1. The van der Waals surface area contributed by atoms with Crippen molar-refractivity contribution in [3.05, 3.63) is 53.7 Å². The topological polar surface area (TPSA) is 93.8 Å². The van der Waals surface area contributed by atoms with E-state index in [-0.39, 0.29) is 11.7 Å². The number of pyridine rings is 1. The second-order valence-corrected chi connectivity index (χ2v) is 6.08. The first-order valence-electron chi connectivity index (χ1n) is 7.66. The summed E-state index contributed by atoms with van der Waals surface area (Å²) < 4.78 is 5.22. The molecule has 4 rings (SSSR count). The van der Waals surface area contributed by atoms with Crippen molar-refractivity contribution in [2.45, 2.75) is 13.3 Å². The predicted octanol–water partition coefficient (Wildman–Crippen LogP) is 3.56. The minimum Gasteiger partial charge on any atom is -0.438 e. The lowest BCUT2D eigenvalue weighted by molar-refractivity contribution is 0.0995. The molecule has 4 aromatic rings. The lowest BCUT2D eigenvalue weighted by atomic mass is 10.2. The Labute approximate surface area is 146 Å². The van der Waals surface area contributed by atoms with Crippen molar-refractivity contribution in [3.8, 4) is 11.5 Å². The molecule has 4 aromatic heterocycles. The Morgan fingerprint density at radius 2 is 2.16 bits per heavy atom. The molecule has 1 N–H and O–H groups in total. The monoisotopic (exact) mass is 351 g/mol. The molecule has 25 heavy (non-hydrogen) atoms. The maximum Gasteiger partial charge on any atom is 0.294 e. The number of carbonyl (C=O) groups excluding carboxylic acids is 1. The van der Waals surface area contributed by atoms with E-state index >= 15 is 0 Å². The summed E-state index contributed by atoms with van der Waals surface area (Å²) in [5.41, 5.74) is 1.25. The molecule has 0 aliphatic heterocycles. The van der Waals surface area contributed by atoms with Crippen molar-refractivity contribution in [1.29, 1.82) is 0 Å². The van der Waals surface area contributed by atoms with Crippen LogP contribution in [0.1, 0.15) is 23.2 Å². The van der Waals surface area contributed by atoms with Gasteiger partial charge in [0, 0.05) is 6.20 Å². The standard InChI is InChI=1S/C17H13N5O2S/c1-2-11-13(24-9-19-11)16(23)21-14-10-6-8-25-17(10)22-15(20-14)12-5-3-4-7-18-12/h3-9H,2H2,1H3,(H,20,21,22,23). The fourth-order valence-corrected chi connectivity index (χ4v) is 3.19. The Kier molecular flexibility index (Phi) is 3.95. The number of oxazole rings is 1. The maximum atomic E-state index is 12.6. The first-order chi connectivity index (χ1) is 12.3. The van der Waals surface area contributed by atoms with Crippen LogP contribution in [0.15, 0.2) is 46.7 Å². The summed E-state index contributed by atoms with van der Waals surface area (Å²) >= 11 is 1.48. The van der Waals surface area contributed by atoms with Crippen LogP contribution in [0.4, 0.5) is 5.82 Å². The zero-order valence-corrected chi connectivity index (χ0v) is 14.1. The van der Waals surface area contributed by atoms with Crippen molar-refractivity contribution in [2.24, 2.45) is 0 Å². The van der Waals surface area contributed by atoms with Crippen LogP contribution in [-0.2, 0) is 6.42 Å². The van der Waals surface area contributed by atoms with E-state index in [2.05, 4.69) is 25.3 Å². The van der Waals surface area contributed by atoms with Gasteiger partial charge in [0.25, 0.3) is 5.91 Å². The summed E-state index contributed by atoms with van der Waals surface area (Å²) in [6, 6.07) is 7.39. The van der Waals surface area contributed by atoms with Crippen LogP contribution >= 0.6 is 11.3 Å². The molecule has 1 amide bonds. The van der Waals surface area contributed by atoms with Gasteiger partial charge in [-0.1, -0.05) is 13.0 Å². The largest absolute Gasteiger partial charge is 0.438 e. The molecule has 0 aromatic carbocycles. The molecule has 0 bridgehead atoms. The highest BCUT2D eigenvalue weighted by Crippen LogP contribution is 2.28. The zero-order chi connectivity index (χ0) is 17.2. The van der Waals surface area contributed by atoms with Gasteiger partial charge in [-0.15, -0.1) is 11.3 Å². The van der Waals surface area contributed by atoms with Gasteiger partial charge < -0.3 is 9.73 Å². The number of aromatic nitrogens is 4. The summed E-state index contributed by atoms with van der Waals surface area (Å²) in [6.45, 7) is 1.91. The van der Waals surface area contributed by atoms with Crippen molar-refractivity contribution in [3.63, 3.8) is 0 Å². The third-order valence-corrected chi connectivity index (χ3v) is 4.44. The normalized spacial score (nSPS) is 10.9. The Morgan fingerprint density at radius 3 is 2.96 bits per heavy atom. The van der Waals surface area contributed by atoms with Gasteiger partial charge >= 0.3 is 0 Å². The quantitative estimate of drug-likeness (QED) is 0.604. The highest BCUT2D eigenvalue weighted by molar-refractivity contribution is 7.16. The van der Waals surface area contributed by atoms with E-state index in [1.807, 2.05) is 36.6 Å². The number of amides is 1. The molecule has 4 heterocycles. The van der Waals surface area contributed by atoms with Crippen LogP contribution in [0.3, 0.4) is 0 Å². The number of fused-ring (bicyclic) bond motifs is 1. The lowest BCUT2D eigenvalue weighted by Crippen LogP contribution is -2.15. The fourth-order valence-electron chi connectivity index (χ4n) is 2.43. The SMILES string of the molecule is CCc1ncoc1C(=O)Nc1nc(-c2ccccn2)nc2sccc12. The highest BCUT2D eigenvalue weighted by atomic mass is 32.1. The first-order valence-corrected chi connectivity index (χ1v) is 8.54. The summed E-state index contributed by atoms with van der Waals surface area (Å²) in [6.07, 6.45) is 3.56. The smallest absolute Gasteiger partial charge is 0.294 e. The van der Waals surface area contributed by atoms with E-state index in [0.717, 1.165) is 10.2 Å². The molecule has 0 saturated carbocycles. The van der Waals surface area contributed by atoms with E-state index in [1.54, 1.807) is 6.20 Å². The average Bonchev–Trinajstić information content (AvgIpc) is 3.31. The summed E-state index contributed by atoms with van der Waals surface area (Å²) in [4.78, 5) is 30.7. The summed E-state index contributed by atoms with van der Waals surface area (Å²) in [7, 11) is 0. The van der Waals surface area contributed by atoms with Crippen molar-refractivity contribution in [2.75, 3.05) is 5.32 Å². The Balaban J connectivity index is 1.76. The van der Waals surface area contributed by atoms with Gasteiger partial charge in [0.15, 0.2) is 12.2 Å². The number of carbonyl (C=O) groups is 1. The van der Waals surface area contributed by atoms with Gasteiger partial charge in [-0.25, -0.2) is 15.0 Å². The molecule has 8 heteroatoms. The lowest BCUT2D eigenvalue weighted by Gasteiger charge is -2.07. The number of hydrogen-bond donors (Lipinski definition) is 1. The van der Waals surface area contributed by atoms with E-state index in [9.17, 15) is 4.79 Å². The molecule has 0 fully saturated rings. The number of nitrogens with zero attached hydrogens (tertiary/aromatic N) is 4. The molecule has 0 radical (unpaired) electrons. The summed E-state index contributed by atoms with van der Waals surface area (Å²) in [5, 5.41) is 5.49. The summed E-state index contributed by atoms with van der Waals surface area (Å²) in [5.74, 6) is 0.700. The van der Waals surface area contributed by atoms with Crippen LogP contribution in [0.25, 0.3) is 21.7 Å². The van der Waals surface area contributed by atoms with Crippen molar-refractivity contribution >= 4 is 33.3 Å². The van der Waals surface area contributed by atoms with Gasteiger partial charge in [0.05, 0.1) is 11.1 Å². The minimum atomic E-state index is -0.382. The first kappa shape index (κ1) is 15.4. The van der Waals surface area contributed by atoms with Crippen LogP contribution in [0.5, 0.6) is 0 Å².